The zero-order valence-corrected chi connectivity index (χ0v) is 17.9. The lowest BCUT2D eigenvalue weighted by Gasteiger charge is -2.20. The summed E-state index contributed by atoms with van der Waals surface area (Å²) < 4.78 is 5.56. The molecule has 0 bridgehead atoms. The fraction of sp³-hybridized carbons (Fsp3) is 0.478. The third kappa shape index (κ3) is 3.88. The van der Waals surface area contributed by atoms with E-state index in [1.165, 1.54) is 0 Å². The highest BCUT2D eigenvalue weighted by Crippen LogP contribution is 2.37. The van der Waals surface area contributed by atoms with Crippen LogP contribution < -0.4 is 10.1 Å². The second-order valence-electron chi connectivity index (χ2n) is 7.30. The van der Waals surface area contributed by atoms with Crippen LogP contribution in [-0.4, -0.2) is 34.7 Å². The number of carbonyl (C=O) groups excluding carboxylic acids is 2. The minimum absolute atomic E-state index is 0.0766. The van der Waals surface area contributed by atoms with Crippen LogP contribution in [0, 0.1) is 0 Å². The largest absolute Gasteiger partial charge is 0.496 e. The predicted molar refractivity (Wildman–Crippen MR) is 114 cm³/mol. The van der Waals surface area contributed by atoms with E-state index < -0.39 is 0 Å². The number of anilines is 1. The Hall–Kier alpha value is -2.76. The molecule has 6 nitrogen and oxygen atoms in total. The molecule has 0 fully saturated rings. The number of hydrogen-bond donors (Lipinski definition) is 1. The molecule has 1 aliphatic rings. The van der Waals surface area contributed by atoms with Crippen LogP contribution >= 0.6 is 0 Å². The first-order valence-electron chi connectivity index (χ1n) is 10.4. The van der Waals surface area contributed by atoms with Crippen LogP contribution in [-0.2, 0) is 12.8 Å². The van der Waals surface area contributed by atoms with Crippen LogP contribution in [0.2, 0.25) is 0 Å². The van der Waals surface area contributed by atoms with Gasteiger partial charge >= 0.3 is 0 Å². The van der Waals surface area contributed by atoms with Gasteiger partial charge in [0.05, 0.1) is 30.6 Å². The van der Waals surface area contributed by atoms with E-state index in [2.05, 4.69) is 26.1 Å². The summed E-state index contributed by atoms with van der Waals surface area (Å²) in [5, 5.41) is 3.53. The highest BCUT2D eigenvalue weighted by Gasteiger charge is 2.30. The van der Waals surface area contributed by atoms with Gasteiger partial charge in [-0.15, -0.1) is 0 Å². The Labute approximate surface area is 172 Å². The highest BCUT2D eigenvalue weighted by molar-refractivity contribution is 6.24. The molecule has 1 heterocycles. The van der Waals surface area contributed by atoms with Gasteiger partial charge in [-0.25, -0.2) is 9.97 Å². The normalized spacial score (nSPS) is 13.2. The Kier molecular flexibility index (Phi) is 6.30. The number of ether oxygens (including phenoxy) is 1. The van der Waals surface area contributed by atoms with Gasteiger partial charge in [0.15, 0.2) is 11.6 Å². The van der Waals surface area contributed by atoms with Gasteiger partial charge in [0, 0.05) is 22.7 Å². The molecular weight excluding hydrogens is 366 g/mol. The second kappa shape index (κ2) is 8.72. The molecule has 3 rings (SSSR count). The van der Waals surface area contributed by atoms with Gasteiger partial charge in [-0.3, -0.25) is 9.59 Å². The van der Waals surface area contributed by atoms with Crippen molar-refractivity contribution in [1.82, 2.24) is 9.97 Å². The summed E-state index contributed by atoms with van der Waals surface area (Å²) in [5.74, 6) is 1.06. The lowest BCUT2D eigenvalue weighted by molar-refractivity contribution is 0.0923. The summed E-state index contributed by atoms with van der Waals surface area (Å²) in [7, 11) is 1.56. The zero-order valence-electron chi connectivity index (χ0n) is 17.9. The van der Waals surface area contributed by atoms with Crippen molar-refractivity contribution in [2.75, 3.05) is 12.4 Å². The summed E-state index contributed by atoms with van der Waals surface area (Å²) in [6.07, 6.45) is 3.37. The topological polar surface area (TPSA) is 81.2 Å². The van der Waals surface area contributed by atoms with Crippen LogP contribution in [0.1, 0.15) is 79.1 Å². The molecule has 0 amide bonds. The number of nitrogens with zero attached hydrogens (tertiary/aromatic N) is 2. The van der Waals surface area contributed by atoms with E-state index in [0.29, 0.717) is 40.6 Å². The van der Waals surface area contributed by atoms with E-state index in [0.717, 1.165) is 36.5 Å². The molecular formula is C23H29N3O3. The average Bonchev–Trinajstić information content (AvgIpc) is 3.03. The first kappa shape index (κ1) is 21.0. The van der Waals surface area contributed by atoms with Crippen LogP contribution in [0.25, 0.3) is 11.3 Å². The van der Waals surface area contributed by atoms with Crippen molar-refractivity contribution in [3.63, 3.8) is 0 Å². The summed E-state index contributed by atoms with van der Waals surface area (Å²) in [6.45, 7) is 8.40. The molecule has 6 heteroatoms. The third-order valence-electron chi connectivity index (χ3n) is 5.55. The van der Waals surface area contributed by atoms with Crippen LogP contribution in [0.4, 0.5) is 5.82 Å². The van der Waals surface area contributed by atoms with Crippen molar-refractivity contribution in [3.05, 3.63) is 34.6 Å². The molecule has 154 valence electrons. The Bertz CT molecular complexity index is 949. The number of benzene rings is 1. The Morgan fingerprint density at radius 3 is 2.10 bits per heavy atom. The van der Waals surface area contributed by atoms with Crippen molar-refractivity contribution >= 4 is 17.4 Å². The smallest absolute Gasteiger partial charge is 0.171 e. The fourth-order valence-electron chi connectivity index (χ4n) is 3.75. The predicted octanol–water partition coefficient (Wildman–Crippen LogP) is 4.65. The molecule has 2 aromatic rings. The number of Topliss-reactive ketones (excluding diaryl/α,β-unsaturated/α-hetero) is 2. The Morgan fingerprint density at radius 1 is 0.931 bits per heavy atom. The van der Waals surface area contributed by atoms with Crippen molar-refractivity contribution in [2.45, 2.75) is 65.8 Å². The quantitative estimate of drug-likeness (QED) is 0.656. The average molecular weight is 396 g/mol. The van der Waals surface area contributed by atoms with Crippen LogP contribution in [0.5, 0.6) is 5.75 Å². The maximum absolute atomic E-state index is 12.3. The standard InChI is InChI=1S/C23H29N3O3/c1-6-13(7-2)24-23-18(9-4)25-22(17(8-3)26-23)16-10-14-15(11-21(16)29-5)20(28)12-19(14)27/h10-11,13H,6-9,12H2,1-5H3,(H,24,26). The highest BCUT2D eigenvalue weighted by atomic mass is 16.5. The summed E-state index contributed by atoms with van der Waals surface area (Å²) >= 11 is 0. The molecule has 0 spiro atoms. The minimum atomic E-state index is -0.157. The third-order valence-corrected chi connectivity index (χ3v) is 5.55. The first-order chi connectivity index (χ1) is 14.0. The van der Waals surface area contributed by atoms with Gasteiger partial charge in [-0.05, 0) is 37.8 Å². The van der Waals surface area contributed by atoms with E-state index in [-0.39, 0.29) is 18.0 Å². The summed E-state index contributed by atoms with van der Waals surface area (Å²) in [5.41, 5.74) is 4.03. The fourth-order valence-corrected chi connectivity index (χ4v) is 3.75. The molecule has 0 saturated heterocycles. The number of aromatic nitrogens is 2. The minimum Gasteiger partial charge on any atom is -0.496 e. The Balaban J connectivity index is 2.17. The number of aryl methyl sites for hydroxylation is 2. The zero-order chi connectivity index (χ0) is 21.1. The number of methoxy groups -OCH3 is 1. The maximum Gasteiger partial charge on any atom is 0.171 e. The number of fused-ring (bicyclic) bond motifs is 1. The van der Waals surface area contributed by atoms with E-state index in [1.807, 2.05) is 6.92 Å². The van der Waals surface area contributed by atoms with E-state index in [9.17, 15) is 9.59 Å². The monoisotopic (exact) mass is 395 g/mol. The summed E-state index contributed by atoms with van der Waals surface area (Å²) in [4.78, 5) is 34.2. The molecule has 1 N–H and O–H groups in total. The van der Waals surface area contributed by atoms with E-state index in [4.69, 9.17) is 14.7 Å². The number of carbonyl (C=O) groups is 2. The molecule has 0 atom stereocenters. The number of hydrogen-bond acceptors (Lipinski definition) is 6. The van der Waals surface area contributed by atoms with E-state index in [1.54, 1.807) is 19.2 Å². The van der Waals surface area contributed by atoms with Crippen molar-refractivity contribution in [2.24, 2.45) is 0 Å². The molecule has 1 aliphatic carbocycles. The van der Waals surface area contributed by atoms with Crippen LogP contribution in [0.15, 0.2) is 12.1 Å². The van der Waals surface area contributed by atoms with Crippen molar-refractivity contribution < 1.29 is 14.3 Å². The van der Waals surface area contributed by atoms with Crippen molar-refractivity contribution in [1.29, 1.82) is 0 Å². The van der Waals surface area contributed by atoms with Gasteiger partial charge < -0.3 is 10.1 Å². The van der Waals surface area contributed by atoms with Crippen LogP contribution in [0.3, 0.4) is 0 Å². The molecule has 0 aliphatic heterocycles. The second-order valence-corrected chi connectivity index (χ2v) is 7.30. The Morgan fingerprint density at radius 2 is 1.55 bits per heavy atom. The van der Waals surface area contributed by atoms with Gasteiger partial charge in [0.2, 0.25) is 0 Å². The maximum atomic E-state index is 12.3. The molecule has 1 aromatic carbocycles. The van der Waals surface area contributed by atoms with E-state index >= 15 is 0 Å². The van der Waals surface area contributed by atoms with Gasteiger partial charge in [0.25, 0.3) is 0 Å². The molecule has 0 saturated carbocycles. The lowest BCUT2D eigenvalue weighted by Crippen LogP contribution is -2.20. The number of rotatable bonds is 8. The lowest BCUT2D eigenvalue weighted by atomic mass is 10.00. The SMILES string of the molecule is CCc1nc(-c2cc3c(cc2OC)C(=O)CC3=O)c(CC)nc1NC(CC)CC. The number of nitrogens with one attached hydrogen (secondary N) is 1. The van der Waals surface area contributed by atoms with Gasteiger partial charge in [-0.1, -0.05) is 27.7 Å². The van der Waals surface area contributed by atoms with Gasteiger partial charge in [0.1, 0.15) is 11.6 Å². The molecule has 0 radical (unpaired) electrons. The first-order valence-corrected chi connectivity index (χ1v) is 10.4. The van der Waals surface area contributed by atoms with Gasteiger partial charge in [-0.2, -0.15) is 0 Å². The molecule has 1 aromatic heterocycles. The van der Waals surface area contributed by atoms with Crippen molar-refractivity contribution in [3.8, 4) is 17.0 Å². The molecule has 0 unspecified atom stereocenters. The summed E-state index contributed by atoms with van der Waals surface area (Å²) in [6, 6.07) is 3.77. The number of ketones is 2. The molecule has 29 heavy (non-hydrogen) atoms.